The Morgan fingerprint density at radius 3 is 3.07 bits per heavy atom. The van der Waals surface area contributed by atoms with Crippen LogP contribution in [0.5, 0.6) is 0 Å². The van der Waals surface area contributed by atoms with Gasteiger partial charge in [0.2, 0.25) is 0 Å². The van der Waals surface area contributed by atoms with E-state index in [1.807, 2.05) is 17.5 Å². The fraction of sp³-hybridized carbons (Fsp3) is 0.100. The number of thiophene rings is 1. The third kappa shape index (κ3) is 2.93. The summed E-state index contributed by atoms with van der Waals surface area (Å²) in [5.41, 5.74) is 0. The zero-order valence-corrected chi connectivity index (χ0v) is 10.9. The van der Waals surface area contributed by atoms with Crippen LogP contribution < -0.4 is 5.32 Å². The summed E-state index contributed by atoms with van der Waals surface area (Å²) in [7, 11) is 0. The maximum Gasteiger partial charge on any atom is 0.145 e. The number of pyridine rings is 1. The predicted molar refractivity (Wildman–Crippen MR) is 68.6 cm³/mol. The van der Waals surface area contributed by atoms with E-state index in [1.165, 1.54) is 4.88 Å². The summed E-state index contributed by atoms with van der Waals surface area (Å²) < 4.78 is 0.883. The Kier molecular flexibility index (Phi) is 3.61. The van der Waals surface area contributed by atoms with E-state index in [-0.39, 0.29) is 0 Å². The molecule has 2 nitrogen and oxygen atoms in total. The highest BCUT2D eigenvalue weighted by Crippen LogP contribution is 2.23. The van der Waals surface area contributed by atoms with E-state index in [1.54, 1.807) is 17.5 Å². The van der Waals surface area contributed by atoms with Crippen LogP contribution in [-0.2, 0) is 6.54 Å². The Morgan fingerprint density at radius 1 is 1.53 bits per heavy atom. The Hall–Kier alpha value is -0.580. The fourth-order valence-electron chi connectivity index (χ4n) is 1.13. The summed E-state index contributed by atoms with van der Waals surface area (Å²) >= 11 is 11.0. The third-order valence-electron chi connectivity index (χ3n) is 1.82. The Balaban J connectivity index is 2.05. The molecule has 2 heterocycles. The van der Waals surface area contributed by atoms with Gasteiger partial charge in [-0.25, -0.2) is 4.98 Å². The second-order valence-corrected chi connectivity index (χ2v) is 5.27. The van der Waals surface area contributed by atoms with Crippen LogP contribution in [0.15, 0.2) is 34.2 Å². The first-order valence-corrected chi connectivity index (χ1v) is 6.38. The molecule has 0 saturated carbocycles. The van der Waals surface area contributed by atoms with Gasteiger partial charge in [-0.1, -0.05) is 17.7 Å². The lowest BCUT2D eigenvalue weighted by Crippen LogP contribution is -2.00. The Bertz CT molecular complexity index is 445. The fourth-order valence-corrected chi connectivity index (χ4v) is 2.47. The summed E-state index contributed by atoms with van der Waals surface area (Å²) in [4.78, 5) is 5.45. The molecule has 0 aliphatic carbocycles. The minimum atomic E-state index is 0.626. The van der Waals surface area contributed by atoms with Crippen molar-refractivity contribution >= 4 is 44.7 Å². The summed E-state index contributed by atoms with van der Waals surface area (Å²) in [6.07, 6.45) is 1.72. The maximum atomic E-state index is 6.02. The molecule has 0 fully saturated rings. The van der Waals surface area contributed by atoms with Crippen molar-refractivity contribution in [2.24, 2.45) is 0 Å². The van der Waals surface area contributed by atoms with Crippen LogP contribution in [-0.4, -0.2) is 4.98 Å². The monoisotopic (exact) mass is 302 g/mol. The second kappa shape index (κ2) is 4.96. The van der Waals surface area contributed by atoms with Gasteiger partial charge >= 0.3 is 0 Å². The molecule has 0 unspecified atom stereocenters. The molecule has 0 aromatic carbocycles. The first-order valence-electron chi connectivity index (χ1n) is 4.33. The van der Waals surface area contributed by atoms with E-state index >= 15 is 0 Å². The van der Waals surface area contributed by atoms with Gasteiger partial charge in [0.1, 0.15) is 5.82 Å². The number of nitrogens with one attached hydrogen (secondary N) is 1. The SMILES string of the molecule is Clc1cc(Br)cnc1NCc1cccs1. The standard InChI is InChI=1S/C10H8BrClN2S/c11-7-4-9(12)10(13-5-7)14-6-8-2-1-3-15-8/h1-5H,6H2,(H,13,14). The normalized spacial score (nSPS) is 10.3. The molecule has 0 atom stereocenters. The number of nitrogens with zero attached hydrogens (tertiary/aromatic N) is 1. The minimum Gasteiger partial charge on any atom is -0.364 e. The van der Waals surface area contributed by atoms with Crippen molar-refractivity contribution < 1.29 is 0 Å². The number of hydrogen-bond acceptors (Lipinski definition) is 3. The van der Waals surface area contributed by atoms with Gasteiger partial charge < -0.3 is 5.32 Å². The molecule has 5 heteroatoms. The molecule has 0 bridgehead atoms. The highest BCUT2D eigenvalue weighted by atomic mass is 79.9. The molecule has 78 valence electrons. The van der Waals surface area contributed by atoms with Crippen LogP contribution in [0.3, 0.4) is 0 Å². The summed E-state index contributed by atoms with van der Waals surface area (Å²) in [5, 5.41) is 5.86. The molecule has 0 aliphatic rings. The van der Waals surface area contributed by atoms with Gasteiger partial charge in [0.05, 0.1) is 11.6 Å². The van der Waals surface area contributed by atoms with Crippen LogP contribution in [0.25, 0.3) is 0 Å². The topological polar surface area (TPSA) is 24.9 Å². The number of hydrogen-bond donors (Lipinski definition) is 1. The van der Waals surface area contributed by atoms with Gasteiger partial charge in [-0.15, -0.1) is 11.3 Å². The van der Waals surface area contributed by atoms with Crippen molar-refractivity contribution in [1.82, 2.24) is 4.98 Å². The molecule has 0 spiro atoms. The highest BCUT2D eigenvalue weighted by molar-refractivity contribution is 9.10. The van der Waals surface area contributed by atoms with E-state index < -0.39 is 0 Å². The van der Waals surface area contributed by atoms with Crippen molar-refractivity contribution in [2.75, 3.05) is 5.32 Å². The van der Waals surface area contributed by atoms with Gasteiger partial charge in [-0.05, 0) is 33.4 Å². The van der Waals surface area contributed by atoms with Crippen molar-refractivity contribution in [1.29, 1.82) is 0 Å². The summed E-state index contributed by atoms with van der Waals surface area (Å²) in [6.45, 7) is 0.756. The number of halogens is 2. The van der Waals surface area contributed by atoms with Crippen LogP contribution >= 0.6 is 38.9 Å². The van der Waals surface area contributed by atoms with Crippen molar-refractivity contribution in [3.8, 4) is 0 Å². The quantitative estimate of drug-likeness (QED) is 0.920. The first-order chi connectivity index (χ1) is 7.25. The smallest absolute Gasteiger partial charge is 0.145 e. The van der Waals surface area contributed by atoms with E-state index in [4.69, 9.17) is 11.6 Å². The third-order valence-corrected chi connectivity index (χ3v) is 3.42. The largest absolute Gasteiger partial charge is 0.364 e. The van der Waals surface area contributed by atoms with Crippen LogP contribution in [0, 0.1) is 0 Å². The van der Waals surface area contributed by atoms with Gasteiger partial charge in [-0.2, -0.15) is 0 Å². The zero-order chi connectivity index (χ0) is 10.7. The first kappa shape index (κ1) is 10.9. The van der Waals surface area contributed by atoms with Crippen LogP contribution in [0.4, 0.5) is 5.82 Å². The molecule has 2 aromatic heterocycles. The molecule has 2 aromatic rings. The molecule has 0 saturated heterocycles. The highest BCUT2D eigenvalue weighted by Gasteiger charge is 2.02. The minimum absolute atomic E-state index is 0.626. The van der Waals surface area contributed by atoms with E-state index in [0.29, 0.717) is 10.8 Å². The number of rotatable bonds is 3. The Labute approximate surface area is 105 Å². The molecule has 1 N–H and O–H groups in total. The lowest BCUT2D eigenvalue weighted by molar-refractivity contribution is 1.14. The number of aromatic nitrogens is 1. The molecule has 0 radical (unpaired) electrons. The zero-order valence-electron chi connectivity index (χ0n) is 7.71. The summed E-state index contributed by atoms with van der Waals surface area (Å²) in [6, 6.07) is 5.92. The summed E-state index contributed by atoms with van der Waals surface area (Å²) in [5.74, 6) is 0.716. The molecular weight excluding hydrogens is 296 g/mol. The van der Waals surface area contributed by atoms with E-state index in [2.05, 4.69) is 32.3 Å². The van der Waals surface area contributed by atoms with E-state index in [9.17, 15) is 0 Å². The molecule has 0 amide bonds. The van der Waals surface area contributed by atoms with Crippen LogP contribution in [0.2, 0.25) is 5.02 Å². The Morgan fingerprint density at radius 2 is 2.40 bits per heavy atom. The predicted octanol–water partition coefficient (Wildman–Crippen LogP) is 4.17. The van der Waals surface area contributed by atoms with Gasteiger partial charge in [0, 0.05) is 15.5 Å². The average Bonchev–Trinajstić information content (AvgIpc) is 2.69. The van der Waals surface area contributed by atoms with Crippen molar-refractivity contribution in [3.63, 3.8) is 0 Å². The van der Waals surface area contributed by atoms with Crippen molar-refractivity contribution in [2.45, 2.75) is 6.54 Å². The van der Waals surface area contributed by atoms with Gasteiger partial charge in [0.15, 0.2) is 0 Å². The lowest BCUT2D eigenvalue weighted by Gasteiger charge is -2.05. The van der Waals surface area contributed by atoms with E-state index in [0.717, 1.165) is 11.0 Å². The average molecular weight is 304 g/mol. The molecular formula is C10H8BrClN2S. The number of anilines is 1. The van der Waals surface area contributed by atoms with Gasteiger partial charge in [-0.3, -0.25) is 0 Å². The molecule has 15 heavy (non-hydrogen) atoms. The second-order valence-electron chi connectivity index (χ2n) is 2.92. The van der Waals surface area contributed by atoms with Crippen molar-refractivity contribution in [3.05, 3.63) is 44.1 Å². The molecule has 2 rings (SSSR count). The maximum absolute atomic E-state index is 6.02. The molecule has 0 aliphatic heterocycles. The van der Waals surface area contributed by atoms with Gasteiger partial charge in [0.25, 0.3) is 0 Å². The lowest BCUT2D eigenvalue weighted by atomic mass is 10.4. The van der Waals surface area contributed by atoms with Crippen LogP contribution in [0.1, 0.15) is 4.88 Å².